The number of hydrogen-bond acceptors (Lipinski definition) is 4. The molecule has 0 aliphatic heterocycles. The number of benzene rings is 1. The summed E-state index contributed by atoms with van der Waals surface area (Å²) in [5.74, 6) is -0.308. The van der Waals surface area contributed by atoms with E-state index in [0.29, 0.717) is 10.6 Å². The third-order valence-electron chi connectivity index (χ3n) is 2.18. The highest BCUT2D eigenvalue weighted by Gasteiger charge is 2.13. The predicted octanol–water partition coefficient (Wildman–Crippen LogP) is 4.43. The Hall–Kier alpha value is -1.25. The van der Waals surface area contributed by atoms with Crippen LogP contribution in [0.2, 0.25) is 0 Å². The predicted molar refractivity (Wildman–Crippen MR) is 80.8 cm³/mol. The van der Waals surface area contributed by atoms with Crippen molar-refractivity contribution in [2.75, 3.05) is 5.32 Å². The largest absolute Gasteiger partial charge is 0.321 e. The van der Waals surface area contributed by atoms with Crippen LogP contribution in [0.1, 0.15) is 9.67 Å². The molecular formula is C11H6Br2N2O3S. The van der Waals surface area contributed by atoms with Crippen LogP contribution in [0.15, 0.2) is 38.6 Å². The Kier molecular flexibility index (Phi) is 4.33. The summed E-state index contributed by atoms with van der Waals surface area (Å²) in [6.07, 6.45) is 0. The third-order valence-corrected chi connectivity index (χ3v) is 5.44. The number of nitrogens with zero attached hydrogens (tertiary/aromatic N) is 1. The lowest BCUT2D eigenvalue weighted by Crippen LogP contribution is -2.10. The average Bonchev–Trinajstić information content (AvgIpc) is 2.70. The molecule has 8 heteroatoms. The fraction of sp³-hybridized carbons (Fsp3) is 0. The van der Waals surface area contributed by atoms with Gasteiger partial charge in [0.05, 0.1) is 13.6 Å². The first-order valence-electron chi connectivity index (χ1n) is 4.98. The van der Waals surface area contributed by atoms with Gasteiger partial charge in [0.1, 0.15) is 0 Å². The zero-order valence-corrected chi connectivity index (χ0v) is 13.2. The highest BCUT2D eigenvalue weighted by atomic mass is 79.9. The summed E-state index contributed by atoms with van der Waals surface area (Å²) in [5.41, 5.74) is 0.325. The summed E-state index contributed by atoms with van der Waals surface area (Å²) in [6, 6.07) is 7.49. The van der Waals surface area contributed by atoms with Gasteiger partial charge >= 0.3 is 0 Å². The summed E-state index contributed by atoms with van der Waals surface area (Å²) in [6.45, 7) is 0. The first-order valence-corrected chi connectivity index (χ1v) is 7.38. The number of non-ortho nitro benzene ring substituents is 1. The Morgan fingerprint density at radius 1 is 1.32 bits per heavy atom. The molecule has 0 unspecified atom stereocenters. The zero-order chi connectivity index (χ0) is 14.0. The number of carbonyl (C=O) groups is 1. The molecule has 0 aliphatic carbocycles. The lowest BCUT2D eigenvalue weighted by atomic mass is 10.3. The maximum atomic E-state index is 11.9. The Labute approximate surface area is 129 Å². The number of halogens is 2. The molecule has 2 aromatic rings. The number of nitro groups is 1. The van der Waals surface area contributed by atoms with Gasteiger partial charge in [-0.2, -0.15) is 0 Å². The van der Waals surface area contributed by atoms with E-state index >= 15 is 0 Å². The van der Waals surface area contributed by atoms with Crippen molar-refractivity contribution in [3.05, 3.63) is 53.6 Å². The van der Waals surface area contributed by atoms with E-state index in [9.17, 15) is 14.9 Å². The smallest absolute Gasteiger partial charge is 0.271 e. The van der Waals surface area contributed by atoms with Gasteiger partial charge in [0.25, 0.3) is 11.6 Å². The maximum absolute atomic E-state index is 11.9. The van der Waals surface area contributed by atoms with Crippen molar-refractivity contribution in [1.29, 1.82) is 0 Å². The van der Waals surface area contributed by atoms with E-state index in [1.165, 1.54) is 29.5 Å². The topological polar surface area (TPSA) is 72.2 Å². The number of rotatable bonds is 3. The van der Waals surface area contributed by atoms with Gasteiger partial charge in [-0.1, -0.05) is 6.07 Å². The van der Waals surface area contributed by atoms with Crippen LogP contribution in [-0.2, 0) is 0 Å². The molecule has 1 N–H and O–H groups in total. The van der Waals surface area contributed by atoms with Gasteiger partial charge in [0.15, 0.2) is 0 Å². The number of nitro benzene ring substituents is 1. The molecule has 1 heterocycles. The van der Waals surface area contributed by atoms with Crippen molar-refractivity contribution in [2.45, 2.75) is 0 Å². The minimum atomic E-state index is -0.506. The molecule has 0 radical (unpaired) electrons. The van der Waals surface area contributed by atoms with Crippen LogP contribution in [-0.4, -0.2) is 10.8 Å². The van der Waals surface area contributed by atoms with Gasteiger partial charge in [0.2, 0.25) is 0 Å². The SMILES string of the molecule is O=C(Nc1cccc([N+](=O)[O-])c1)c1cc(Br)c(Br)s1. The average molecular weight is 406 g/mol. The molecule has 98 valence electrons. The number of anilines is 1. The number of amides is 1. The standard InChI is InChI=1S/C11H6Br2N2O3S/c12-8-5-9(19-10(8)13)11(16)14-6-2-1-3-7(4-6)15(17)18/h1-5H,(H,14,16). The third kappa shape index (κ3) is 3.40. The summed E-state index contributed by atoms with van der Waals surface area (Å²) in [7, 11) is 0. The second kappa shape index (κ2) is 5.81. The lowest BCUT2D eigenvalue weighted by molar-refractivity contribution is -0.384. The molecule has 0 atom stereocenters. The zero-order valence-electron chi connectivity index (χ0n) is 9.22. The molecular weight excluding hydrogens is 400 g/mol. The summed E-state index contributed by atoms with van der Waals surface area (Å²) >= 11 is 7.87. The first-order chi connectivity index (χ1) is 8.97. The molecule has 1 amide bonds. The molecule has 0 fully saturated rings. The summed E-state index contributed by atoms with van der Waals surface area (Å²) < 4.78 is 1.61. The molecule has 0 spiro atoms. The molecule has 0 aliphatic rings. The number of hydrogen-bond donors (Lipinski definition) is 1. The van der Waals surface area contributed by atoms with Gasteiger partial charge < -0.3 is 5.32 Å². The Morgan fingerprint density at radius 3 is 2.63 bits per heavy atom. The van der Waals surface area contributed by atoms with Crippen molar-refractivity contribution >= 4 is 60.5 Å². The molecule has 1 aromatic carbocycles. The van der Waals surface area contributed by atoms with Crippen molar-refractivity contribution in [3.8, 4) is 0 Å². The molecule has 0 saturated heterocycles. The van der Waals surface area contributed by atoms with Crippen molar-refractivity contribution < 1.29 is 9.72 Å². The lowest BCUT2D eigenvalue weighted by Gasteiger charge is -2.02. The number of nitrogens with one attached hydrogen (secondary N) is 1. The molecule has 2 rings (SSSR count). The fourth-order valence-corrected chi connectivity index (χ4v) is 3.28. The minimum absolute atomic E-state index is 0.0636. The van der Waals surface area contributed by atoms with E-state index in [2.05, 4.69) is 37.2 Å². The van der Waals surface area contributed by atoms with Crippen LogP contribution < -0.4 is 5.32 Å². The second-order valence-corrected chi connectivity index (χ2v) is 6.72. The van der Waals surface area contributed by atoms with Crippen LogP contribution in [0.25, 0.3) is 0 Å². The van der Waals surface area contributed by atoms with Crippen LogP contribution in [0.4, 0.5) is 11.4 Å². The Balaban J connectivity index is 2.19. The van der Waals surface area contributed by atoms with E-state index in [1.54, 1.807) is 12.1 Å². The molecule has 0 saturated carbocycles. The van der Waals surface area contributed by atoms with Crippen LogP contribution >= 0.6 is 43.2 Å². The van der Waals surface area contributed by atoms with E-state index < -0.39 is 4.92 Å². The van der Waals surface area contributed by atoms with E-state index in [4.69, 9.17) is 0 Å². The highest BCUT2D eigenvalue weighted by molar-refractivity contribution is 9.13. The van der Waals surface area contributed by atoms with E-state index in [1.807, 2.05) is 0 Å². The summed E-state index contributed by atoms with van der Waals surface area (Å²) in [4.78, 5) is 22.6. The molecule has 5 nitrogen and oxygen atoms in total. The second-order valence-electron chi connectivity index (χ2n) is 3.49. The summed E-state index contributed by atoms with van der Waals surface area (Å²) in [5, 5.41) is 13.3. The first kappa shape index (κ1) is 14.2. The highest BCUT2D eigenvalue weighted by Crippen LogP contribution is 2.32. The van der Waals surface area contributed by atoms with Crippen molar-refractivity contribution in [1.82, 2.24) is 0 Å². The molecule has 19 heavy (non-hydrogen) atoms. The minimum Gasteiger partial charge on any atom is -0.321 e. The van der Waals surface area contributed by atoms with Gasteiger partial charge in [-0.25, -0.2) is 0 Å². The van der Waals surface area contributed by atoms with Crippen molar-refractivity contribution in [2.24, 2.45) is 0 Å². The van der Waals surface area contributed by atoms with Crippen LogP contribution in [0.5, 0.6) is 0 Å². The van der Waals surface area contributed by atoms with E-state index in [-0.39, 0.29) is 11.6 Å². The number of thiophene rings is 1. The van der Waals surface area contributed by atoms with E-state index in [0.717, 1.165) is 8.26 Å². The van der Waals surface area contributed by atoms with Crippen LogP contribution in [0.3, 0.4) is 0 Å². The molecule has 1 aromatic heterocycles. The quantitative estimate of drug-likeness (QED) is 0.606. The van der Waals surface area contributed by atoms with Gasteiger partial charge in [-0.15, -0.1) is 11.3 Å². The van der Waals surface area contributed by atoms with Gasteiger partial charge in [-0.3, -0.25) is 14.9 Å². The molecule has 0 bridgehead atoms. The Morgan fingerprint density at radius 2 is 2.05 bits per heavy atom. The normalized spacial score (nSPS) is 10.2. The van der Waals surface area contributed by atoms with Gasteiger partial charge in [0, 0.05) is 22.3 Å². The van der Waals surface area contributed by atoms with Crippen molar-refractivity contribution in [3.63, 3.8) is 0 Å². The van der Waals surface area contributed by atoms with Crippen LogP contribution in [0, 0.1) is 10.1 Å². The van der Waals surface area contributed by atoms with Gasteiger partial charge in [-0.05, 0) is 44.0 Å². The fourth-order valence-electron chi connectivity index (χ4n) is 1.35. The Bertz CT molecular complexity index is 638. The monoisotopic (exact) mass is 404 g/mol. The number of carbonyl (C=O) groups excluding carboxylic acids is 1. The maximum Gasteiger partial charge on any atom is 0.271 e.